The van der Waals surface area contributed by atoms with E-state index < -0.39 is 6.29 Å². The Bertz CT molecular complexity index is 888. The van der Waals surface area contributed by atoms with Gasteiger partial charge in [0.1, 0.15) is 0 Å². The summed E-state index contributed by atoms with van der Waals surface area (Å²) in [6.45, 7) is 1.99. The molecule has 2 heterocycles. The van der Waals surface area contributed by atoms with E-state index in [1.165, 1.54) is 3.57 Å². The maximum atomic E-state index is 13.0. The van der Waals surface area contributed by atoms with Crippen molar-refractivity contribution in [2.45, 2.75) is 44.7 Å². The lowest BCUT2D eigenvalue weighted by Crippen LogP contribution is -2.34. The van der Waals surface area contributed by atoms with E-state index in [0.29, 0.717) is 18.8 Å². The maximum Gasteiger partial charge on any atom is 0.288 e. The fourth-order valence-electron chi connectivity index (χ4n) is 3.86. The molecule has 2 aliphatic rings. The second-order valence-electron chi connectivity index (χ2n) is 7.76. The average molecular weight is 519 g/mol. The number of aliphatic hydroxyl groups excluding tert-OH is 1. The maximum absolute atomic E-state index is 13.0. The van der Waals surface area contributed by atoms with Crippen molar-refractivity contribution in [1.82, 2.24) is 4.90 Å². The Kier molecular flexibility index (Phi) is 7.07. The van der Waals surface area contributed by atoms with Crippen molar-refractivity contribution in [2.24, 2.45) is 0 Å². The van der Waals surface area contributed by atoms with Crippen LogP contribution in [0.25, 0.3) is 0 Å². The van der Waals surface area contributed by atoms with Crippen LogP contribution in [0.4, 0.5) is 0 Å². The number of rotatable bonds is 6. The number of halogens is 1. The number of amides is 1. The Balaban J connectivity index is 1.49. The van der Waals surface area contributed by atoms with Crippen LogP contribution >= 0.6 is 22.6 Å². The highest BCUT2D eigenvalue weighted by Crippen LogP contribution is 2.33. The monoisotopic (exact) mass is 519 g/mol. The Morgan fingerprint density at radius 3 is 2.40 bits per heavy atom. The molecule has 0 saturated carbocycles. The minimum atomic E-state index is -0.488. The summed E-state index contributed by atoms with van der Waals surface area (Å²) in [5.74, 6) is 0.426. The van der Waals surface area contributed by atoms with Gasteiger partial charge in [-0.05, 0) is 70.3 Å². The molecule has 0 spiro atoms. The van der Waals surface area contributed by atoms with E-state index in [4.69, 9.17) is 9.47 Å². The number of carbonyl (C=O) groups is 1. The van der Waals surface area contributed by atoms with E-state index in [0.717, 1.165) is 42.6 Å². The molecular weight excluding hydrogens is 493 g/mol. The minimum Gasteiger partial charge on any atom is -0.459 e. The van der Waals surface area contributed by atoms with Crippen molar-refractivity contribution in [2.75, 3.05) is 13.1 Å². The molecule has 158 valence electrons. The van der Waals surface area contributed by atoms with Crippen LogP contribution in [0.1, 0.15) is 41.9 Å². The van der Waals surface area contributed by atoms with Gasteiger partial charge in [-0.25, -0.2) is 0 Å². The lowest BCUT2D eigenvalue weighted by Gasteiger charge is -2.31. The number of likely N-dealkylation sites (tertiary alicyclic amines) is 1. The molecule has 2 aromatic rings. The smallest absolute Gasteiger partial charge is 0.288 e. The van der Waals surface area contributed by atoms with Crippen LogP contribution in [0.3, 0.4) is 0 Å². The van der Waals surface area contributed by atoms with Gasteiger partial charge in [0.2, 0.25) is 6.29 Å². The van der Waals surface area contributed by atoms with E-state index in [1.54, 1.807) is 0 Å². The van der Waals surface area contributed by atoms with Crippen LogP contribution in [-0.2, 0) is 27.5 Å². The molecule has 0 bridgehead atoms. The standard InChI is InChI=1S/C24H26INO4/c25-21-9-7-19(8-10-21)20-13-22(24(28)26-11-1-2-12-26)30-23(14-20)29-16-18-5-3-17(15-27)4-6-18/h3-10,13,20,23,27H,1-2,11-12,14-16H2/t20-,23+/m0/s1. The molecule has 2 aromatic carbocycles. The molecule has 4 rings (SSSR count). The van der Waals surface area contributed by atoms with Gasteiger partial charge in [0.15, 0.2) is 5.76 Å². The van der Waals surface area contributed by atoms with E-state index >= 15 is 0 Å². The van der Waals surface area contributed by atoms with E-state index in [1.807, 2.05) is 35.2 Å². The number of benzene rings is 2. The Labute approximate surface area is 190 Å². The fraction of sp³-hybridized carbons (Fsp3) is 0.375. The van der Waals surface area contributed by atoms with Gasteiger partial charge in [-0.2, -0.15) is 0 Å². The summed E-state index contributed by atoms with van der Waals surface area (Å²) in [5.41, 5.74) is 3.03. The number of hydrogen-bond acceptors (Lipinski definition) is 4. The van der Waals surface area contributed by atoms with E-state index in [9.17, 15) is 9.90 Å². The third kappa shape index (κ3) is 5.22. The first-order valence-corrected chi connectivity index (χ1v) is 11.4. The number of allylic oxidation sites excluding steroid dienone is 1. The van der Waals surface area contributed by atoms with Crippen molar-refractivity contribution < 1.29 is 19.4 Å². The zero-order chi connectivity index (χ0) is 20.9. The zero-order valence-corrected chi connectivity index (χ0v) is 19.0. The first-order valence-electron chi connectivity index (χ1n) is 10.4. The predicted molar refractivity (Wildman–Crippen MR) is 122 cm³/mol. The van der Waals surface area contributed by atoms with Crippen LogP contribution in [0.15, 0.2) is 60.4 Å². The number of nitrogens with zero attached hydrogens (tertiary/aromatic N) is 1. The van der Waals surface area contributed by atoms with Crippen molar-refractivity contribution in [3.8, 4) is 0 Å². The zero-order valence-electron chi connectivity index (χ0n) is 16.8. The third-order valence-corrected chi connectivity index (χ3v) is 6.32. The van der Waals surface area contributed by atoms with Crippen molar-refractivity contribution in [3.63, 3.8) is 0 Å². The Hall–Kier alpha value is -1.90. The molecule has 2 aliphatic heterocycles. The molecule has 0 aromatic heterocycles. The summed E-state index contributed by atoms with van der Waals surface area (Å²) in [6.07, 6.45) is 4.22. The summed E-state index contributed by atoms with van der Waals surface area (Å²) < 4.78 is 13.3. The highest BCUT2D eigenvalue weighted by molar-refractivity contribution is 14.1. The minimum absolute atomic E-state index is 0.0251. The number of ether oxygens (including phenoxy) is 2. The number of aliphatic hydroxyl groups is 1. The molecule has 0 aliphatic carbocycles. The van der Waals surface area contributed by atoms with Gasteiger partial charge >= 0.3 is 0 Å². The van der Waals surface area contributed by atoms with Gasteiger partial charge in [-0.1, -0.05) is 36.4 Å². The first-order chi connectivity index (χ1) is 14.6. The SMILES string of the molecule is O=C(C1=C[C@H](c2ccc(I)cc2)C[C@H](OCc2ccc(CO)cc2)O1)N1CCCC1. The molecule has 1 amide bonds. The van der Waals surface area contributed by atoms with Gasteiger partial charge < -0.3 is 19.5 Å². The van der Waals surface area contributed by atoms with Gasteiger partial charge in [0.05, 0.1) is 13.2 Å². The van der Waals surface area contributed by atoms with Gasteiger partial charge in [0.25, 0.3) is 5.91 Å². The number of hydrogen-bond donors (Lipinski definition) is 1. The molecule has 6 heteroatoms. The summed E-state index contributed by atoms with van der Waals surface area (Å²) in [4.78, 5) is 14.8. The van der Waals surface area contributed by atoms with Crippen molar-refractivity contribution in [1.29, 1.82) is 0 Å². The first kappa shape index (κ1) is 21.3. The molecule has 0 radical (unpaired) electrons. The van der Waals surface area contributed by atoms with Crippen LogP contribution < -0.4 is 0 Å². The third-order valence-electron chi connectivity index (χ3n) is 5.60. The largest absolute Gasteiger partial charge is 0.459 e. The fourth-order valence-corrected chi connectivity index (χ4v) is 4.22. The summed E-state index contributed by atoms with van der Waals surface area (Å²) >= 11 is 2.30. The molecule has 1 saturated heterocycles. The highest BCUT2D eigenvalue weighted by Gasteiger charge is 2.31. The van der Waals surface area contributed by atoms with Gasteiger partial charge in [-0.3, -0.25) is 4.79 Å². The van der Waals surface area contributed by atoms with Crippen molar-refractivity contribution >= 4 is 28.5 Å². The molecule has 0 unspecified atom stereocenters. The van der Waals surface area contributed by atoms with Gasteiger partial charge in [0, 0.05) is 29.0 Å². The Morgan fingerprint density at radius 1 is 1.07 bits per heavy atom. The average Bonchev–Trinajstić information content (AvgIpc) is 3.33. The molecule has 2 atom stereocenters. The lowest BCUT2D eigenvalue weighted by molar-refractivity contribution is -0.155. The van der Waals surface area contributed by atoms with Crippen LogP contribution in [-0.4, -0.2) is 35.3 Å². The summed E-state index contributed by atoms with van der Waals surface area (Å²) in [6, 6.07) is 16.0. The second kappa shape index (κ2) is 9.94. The second-order valence-corrected chi connectivity index (χ2v) is 9.00. The molecular formula is C24H26INO4. The van der Waals surface area contributed by atoms with Crippen molar-refractivity contribution in [3.05, 3.63) is 80.6 Å². The van der Waals surface area contributed by atoms with E-state index in [-0.39, 0.29) is 18.4 Å². The summed E-state index contributed by atoms with van der Waals surface area (Å²) in [7, 11) is 0. The van der Waals surface area contributed by atoms with Gasteiger partial charge in [-0.15, -0.1) is 0 Å². The normalized spacial score (nSPS) is 21.3. The Morgan fingerprint density at radius 2 is 1.73 bits per heavy atom. The predicted octanol–water partition coefficient (Wildman–Crippen LogP) is 4.34. The quantitative estimate of drug-likeness (QED) is 0.578. The van der Waals surface area contributed by atoms with Crippen LogP contribution in [0, 0.1) is 3.57 Å². The highest BCUT2D eigenvalue weighted by atomic mass is 127. The van der Waals surface area contributed by atoms with Crippen LogP contribution in [0.2, 0.25) is 0 Å². The molecule has 30 heavy (non-hydrogen) atoms. The lowest BCUT2D eigenvalue weighted by atomic mass is 9.93. The molecule has 5 nitrogen and oxygen atoms in total. The van der Waals surface area contributed by atoms with E-state index in [2.05, 4.69) is 46.9 Å². The summed E-state index contributed by atoms with van der Waals surface area (Å²) in [5, 5.41) is 9.19. The molecule has 1 N–H and O–H groups in total. The van der Waals surface area contributed by atoms with Crippen LogP contribution in [0.5, 0.6) is 0 Å². The number of carbonyl (C=O) groups excluding carboxylic acids is 1. The topological polar surface area (TPSA) is 59.0 Å². The molecule has 1 fully saturated rings.